The van der Waals surface area contributed by atoms with Gasteiger partial charge >= 0.3 is 0 Å². The van der Waals surface area contributed by atoms with Crippen molar-refractivity contribution in [2.75, 3.05) is 20.3 Å². The smallest absolute Gasteiger partial charge is 0.244 e. The van der Waals surface area contributed by atoms with Crippen LogP contribution in [0.15, 0.2) is 23.1 Å². The number of methoxy groups -OCH3 is 1. The van der Waals surface area contributed by atoms with Crippen molar-refractivity contribution in [2.24, 2.45) is 0 Å². The molecule has 2 rings (SSSR count). The fourth-order valence-electron chi connectivity index (χ4n) is 2.12. The van der Waals surface area contributed by atoms with Crippen LogP contribution in [0.1, 0.15) is 18.4 Å². The molecule has 112 valence electrons. The Bertz CT molecular complexity index is 552. The summed E-state index contributed by atoms with van der Waals surface area (Å²) < 4.78 is 37.5. The van der Waals surface area contributed by atoms with Gasteiger partial charge in [-0.2, -0.15) is 0 Å². The van der Waals surface area contributed by atoms with Gasteiger partial charge in [-0.05, 0) is 30.5 Å². The molecule has 1 aliphatic rings. The first-order valence-corrected chi connectivity index (χ1v) is 7.94. The van der Waals surface area contributed by atoms with Crippen LogP contribution in [0.4, 0.5) is 0 Å². The second-order valence-corrected chi connectivity index (χ2v) is 6.37. The van der Waals surface area contributed by atoms with Crippen LogP contribution in [0, 0.1) is 0 Å². The Labute approximate surface area is 118 Å². The predicted octanol–water partition coefficient (Wildman–Crippen LogP) is 0.645. The zero-order valence-corrected chi connectivity index (χ0v) is 12.1. The average molecular weight is 301 g/mol. The zero-order chi connectivity index (χ0) is 14.6. The van der Waals surface area contributed by atoms with Crippen LogP contribution in [0.2, 0.25) is 0 Å². The minimum atomic E-state index is -3.65. The minimum Gasteiger partial charge on any atom is -0.495 e. The highest BCUT2D eigenvalue weighted by Gasteiger charge is 2.23. The monoisotopic (exact) mass is 301 g/mol. The van der Waals surface area contributed by atoms with Gasteiger partial charge in [-0.25, -0.2) is 13.1 Å². The molecule has 1 heterocycles. The summed E-state index contributed by atoms with van der Waals surface area (Å²) in [5.41, 5.74) is 0.597. The van der Waals surface area contributed by atoms with E-state index in [0.29, 0.717) is 12.2 Å². The first-order valence-electron chi connectivity index (χ1n) is 6.46. The van der Waals surface area contributed by atoms with Crippen LogP contribution in [-0.4, -0.2) is 39.9 Å². The first kappa shape index (κ1) is 15.2. The predicted molar refractivity (Wildman–Crippen MR) is 73.1 cm³/mol. The SMILES string of the molecule is COc1cc(CO)ccc1S(=O)(=O)NCC1CCCO1. The van der Waals surface area contributed by atoms with Crippen LogP contribution in [0.5, 0.6) is 5.75 Å². The van der Waals surface area contributed by atoms with E-state index in [1.54, 1.807) is 6.07 Å². The zero-order valence-electron chi connectivity index (χ0n) is 11.3. The summed E-state index contributed by atoms with van der Waals surface area (Å²) in [4.78, 5) is 0.0650. The van der Waals surface area contributed by atoms with Gasteiger partial charge in [0.25, 0.3) is 0 Å². The maximum absolute atomic E-state index is 12.3. The number of benzene rings is 1. The second-order valence-electron chi connectivity index (χ2n) is 4.63. The van der Waals surface area contributed by atoms with Gasteiger partial charge in [0.1, 0.15) is 10.6 Å². The summed E-state index contributed by atoms with van der Waals surface area (Å²) in [5.74, 6) is 0.219. The van der Waals surface area contributed by atoms with Crippen LogP contribution >= 0.6 is 0 Å². The lowest BCUT2D eigenvalue weighted by Crippen LogP contribution is -2.32. The molecule has 1 aliphatic heterocycles. The van der Waals surface area contributed by atoms with Gasteiger partial charge in [0.2, 0.25) is 10.0 Å². The lowest BCUT2D eigenvalue weighted by molar-refractivity contribution is 0.114. The maximum Gasteiger partial charge on any atom is 0.244 e. The van der Waals surface area contributed by atoms with Crippen LogP contribution in [0.3, 0.4) is 0 Å². The number of aliphatic hydroxyl groups excluding tert-OH is 1. The van der Waals surface area contributed by atoms with E-state index in [1.165, 1.54) is 19.2 Å². The molecule has 20 heavy (non-hydrogen) atoms. The maximum atomic E-state index is 12.3. The van der Waals surface area contributed by atoms with E-state index in [-0.39, 0.29) is 29.9 Å². The third-order valence-electron chi connectivity index (χ3n) is 3.23. The van der Waals surface area contributed by atoms with Crippen molar-refractivity contribution >= 4 is 10.0 Å². The molecule has 1 saturated heterocycles. The standard InChI is InChI=1S/C13H19NO5S/c1-18-12-7-10(9-15)4-5-13(12)20(16,17)14-8-11-3-2-6-19-11/h4-5,7,11,14-15H,2-3,6,8-9H2,1H3. The van der Waals surface area contributed by atoms with E-state index in [2.05, 4.69) is 4.72 Å². The number of ether oxygens (including phenoxy) is 2. The number of rotatable bonds is 6. The molecule has 1 aromatic rings. The largest absolute Gasteiger partial charge is 0.495 e. The van der Waals surface area contributed by atoms with Gasteiger partial charge in [-0.15, -0.1) is 0 Å². The van der Waals surface area contributed by atoms with Gasteiger partial charge in [0.15, 0.2) is 0 Å². The van der Waals surface area contributed by atoms with Crippen molar-refractivity contribution in [2.45, 2.75) is 30.4 Å². The molecular formula is C13H19NO5S. The van der Waals surface area contributed by atoms with Crippen molar-refractivity contribution in [3.63, 3.8) is 0 Å². The molecule has 0 spiro atoms. The normalized spacial score (nSPS) is 19.2. The molecule has 7 heteroatoms. The Balaban J connectivity index is 2.15. The molecule has 0 aliphatic carbocycles. The molecule has 0 bridgehead atoms. The van der Waals surface area contributed by atoms with Gasteiger partial charge < -0.3 is 14.6 Å². The summed E-state index contributed by atoms with van der Waals surface area (Å²) in [5, 5.41) is 9.06. The number of aliphatic hydroxyl groups is 1. The summed E-state index contributed by atoms with van der Waals surface area (Å²) in [6, 6.07) is 4.51. The molecule has 0 radical (unpaired) electrons. The van der Waals surface area contributed by atoms with Crippen molar-refractivity contribution in [3.05, 3.63) is 23.8 Å². The Morgan fingerprint density at radius 2 is 2.30 bits per heavy atom. The van der Waals surface area contributed by atoms with E-state index in [1.807, 2.05) is 0 Å². The quantitative estimate of drug-likeness (QED) is 0.805. The average Bonchev–Trinajstić information content (AvgIpc) is 2.97. The first-order chi connectivity index (χ1) is 9.56. The van der Waals surface area contributed by atoms with Crippen molar-refractivity contribution in [3.8, 4) is 5.75 Å². The van der Waals surface area contributed by atoms with E-state index >= 15 is 0 Å². The Hall–Kier alpha value is -1.15. The molecule has 0 aromatic heterocycles. The molecule has 0 amide bonds. The number of hydrogen-bond acceptors (Lipinski definition) is 5. The van der Waals surface area contributed by atoms with Gasteiger partial charge in [0, 0.05) is 13.2 Å². The molecule has 0 saturated carbocycles. The van der Waals surface area contributed by atoms with Crippen molar-refractivity contribution < 1.29 is 23.0 Å². The van der Waals surface area contributed by atoms with E-state index < -0.39 is 10.0 Å². The highest BCUT2D eigenvalue weighted by atomic mass is 32.2. The fraction of sp³-hybridized carbons (Fsp3) is 0.538. The van der Waals surface area contributed by atoms with Crippen LogP contribution in [0.25, 0.3) is 0 Å². The minimum absolute atomic E-state index is 0.0625. The summed E-state index contributed by atoms with van der Waals surface area (Å²) in [6.07, 6.45) is 1.76. The molecular weight excluding hydrogens is 282 g/mol. The molecule has 6 nitrogen and oxygen atoms in total. The van der Waals surface area contributed by atoms with Gasteiger partial charge in [-0.1, -0.05) is 6.07 Å². The van der Waals surface area contributed by atoms with Gasteiger partial charge in [-0.3, -0.25) is 0 Å². The highest BCUT2D eigenvalue weighted by molar-refractivity contribution is 7.89. The highest BCUT2D eigenvalue weighted by Crippen LogP contribution is 2.25. The Morgan fingerprint density at radius 3 is 2.90 bits per heavy atom. The summed E-state index contributed by atoms with van der Waals surface area (Å²) in [6.45, 7) is 0.772. The third kappa shape index (κ3) is 3.49. The van der Waals surface area contributed by atoms with Crippen LogP contribution < -0.4 is 9.46 Å². The third-order valence-corrected chi connectivity index (χ3v) is 4.69. The fourth-order valence-corrected chi connectivity index (χ4v) is 3.33. The van der Waals surface area contributed by atoms with Crippen LogP contribution in [-0.2, 0) is 21.4 Å². The van der Waals surface area contributed by atoms with E-state index in [9.17, 15) is 8.42 Å². The molecule has 1 unspecified atom stereocenters. The number of nitrogens with one attached hydrogen (secondary N) is 1. The van der Waals surface area contributed by atoms with Gasteiger partial charge in [0.05, 0.1) is 19.8 Å². The van der Waals surface area contributed by atoms with Crippen molar-refractivity contribution in [1.29, 1.82) is 0 Å². The molecule has 2 N–H and O–H groups in total. The second kappa shape index (κ2) is 6.53. The Morgan fingerprint density at radius 1 is 1.50 bits per heavy atom. The lowest BCUT2D eigenvalue weighted by Gasteiger charge is -2.14. The Kier molecular flexibility index (Phi) is 4.98. The summed E-state index contributed by atoms with van der Waals surface area (Å²) in [7, 11) is -2.25. The molecule has 1 atom stereocenters. The molecule has 1 aromatic carbocycles. The number of sulfonamides is 1. The summed E-state index contributed by atoms with van der Waals surface area (Å²) >= 11 is 0. The van der Waals surface area contributed by atoms with Crippen molar-refractivity contribution in [1.82, 2.24) is 4.72 Å². The van der Waals surface area contributed by atoms with E-state index in [0.717, 1.165) is 12.8 Å². The number of hydrogen-bond donors (Lipinski definition) is 2. The lowest BCUT2D eigenvalue weighted by atomic mass is 10.2. The topological polar surface area (TPSA) is 84.9 Å². The van der Waals surface area contributed by atoms with E-state index in [4.69, 9.17) is 14.6 Å². The molecule has 1 fully saturated rings.